The van der Waals surface area contributed by atoms with Gasteiger partial charge in [-0.15, -0.1) is 11.3 Å². The van der Waals surface area contributed by atoms with Crippen LogP contribution < -0.4 is 5.32 Å². The standard InChI is InChI=1S/C12H24N4S/c1-5-13-8-12-14-11(10-17-12)9-16(4)7-6-15(2)3/h10,13H,5-9H2,1-4H3. The molecule has 0 aromatic carbocycles. The van der Waals surface area contributed by atoms with Gasteiger partial charge in [0.25, 0.3) is 0 Å². The number of nitrogens with one attached hydrogen (secondary N) is 1. The molecule has 0 saturated carbocycles. The summed E-state index contributed by atoms with van der Waals surface area (Å²) in [5.41, 5.74) is 1.18. The van der Waals surface area contributed by atoms with Gasteiger partial charge in [-0.05, 0) is 27.7 Å². The summed E-state index contributed by atoms with van der Waals surface area (Å²) in [4.78, 5) is 9.13. The van der Waals surface area contributed by atoms with Crippen LogP contribution in [0, 0.1) is 0 Å². The van der Waals surface area contributed by atoms with Crippen molar-refractivity contribution in [3.05, 3.63) is 16.1 Å². The number of aromatic nitrogens is 1. The van der Waals surface area contributed by atoms with E-state index in [2.05, 4.69) is 53.5 Å². The molecule has 17 heavy (non-hydrogen) atoms. The second kappa shape index (κ2) is 7.76. The number of rotatable bonds is 8. The van der Waals surface area contributed by atoms with Crippen LogP contribution in [-0.4, -0.2) is 55.6 Å². The van der Waals surface area contributed by atoms with E-state index in [4.69, 9.17) is 0 Å². The molecule has 4 nitrogen and oxygen atoms in total. The van der Waals surface area contributed by atoms with E-state index in [0.717, 1.165) is 32.7 Å². The van der Waals surface area contributed by atoms with Crippen LogP contribution in [-0.2, 0) is 13.1 Å². The smallest absolute Gasteiger partial charge is 0.107 e. The van der Waals surface area contributed by atoms with Gasteiger partial charge in [-0.25, -0.2) is 4.98 Å². The van der Waals surface area contributed by atoms with Crippen LogP contribution in [0.25, 0.3) is 0 Å². The van der Waals surface area contributed by atoms with E-state index in [0.29, 0.717) is 0 Å². The van der Waals surface area contributed by atoms with Gasteiger partial charge in [0.1, 0.15) is 5.01 Å². The second-order valence-corrected chi connectivity index (χ2v) is 5.50. The fraction of sp³-hybridized carbons (Fsp3) is 0.750. The lowest BCUT2D eigenvalue weighted by Gasteiger charge is -2.18. The normalized spacial score (nSPS) is 11.6. The maximum atomic E-state index is 4.62. The van der Waals surface area contributed by atoms with Crippen molar-refractivity contribution in [2.45, 2.75) is 20.0 Å². The zero-order valence-electron chi connectivity index (χ0n) is 11.4. The predicted molar refractivity (Wildman–Crippen MR) is 74.4 cm³/mol. The minimum atomic E-state index is 0.891. The van der Waals surface area contributed by atoms with Crippen molar-refractivity contribution in [2.24, 2.45) is 0 Å². The first-order chi connectivity index (χ1) is 8.11. The molecule has 0 aliphatic rings. The van der Waals surface area contributed by atoms with Gasteiger partial charge in [0.2, 0.25) is 0 Å². The Balaban J connectivity index is 2.32. The summed E-state index contributed by atoms with van der Waals surface area (Å²) in [5.74, 6) is 0. The minimum Gasteiger partial charge on any atom is -0.311 e. The fourth-order valence-corrected chi connectivity index (χ4v) is 2.22. The van der Waals surface area contributed by atoms with Crippen molar-refractivity contribution in [2.75, 3.05) is 40.8 Å². The predicted octanol–water partition coefficient (Wildman–Crippen LogP) is 1.25. The highest BCUT2D eigenvalue weighted by molar-refractivity contribution is 7.09. The Bertz CT molecular complexity index is 311. The largest absolute Gasteiger partial charge is 0.311 e. The van der Waals surface area contributed by atoms with Crippen LogP contribution in [0.4, 0.5) is 0 Å². The quantitative estimate of drug-likeness (QED) is 0.758. The van der Waals surface area contributed by atoms with Gasteiger partial charge in [0.15, 0.2) is 0 Å². The first-order valence-electron chi connectivity index (χ1n) is 6.09. The molecule has 98 valence electrons. The van der Waals surface area contributed by atoms with Gasteiger partial charge < -0.3 is 10.2 Å². The molecule has 0 bridgehead atoms. The monoisotopic (exact) mass is 256 g/mol. The summed E-state index contributed by atoms with van der Waals surface area (Å²) in [6.45, 7) is 7.11. The van der Waals surface area contributed by atoms with Crippen molar-refractivity contribution in [3.63, 3.8) is 0 Å². The van der Waals surface area contributed by atoms with E-state index in [9.17, 15) is 0 Å². The van der Waals surface area contributed by atoms with Gasteiger partial charge in [0, 0.05) is 31.6 Å². The van der Waals surface area contributed by atoms with Crippen molar-refractivity contribution < 1.29 is 0 Å². The Kier molecular flexibility index (Phi) is 6.65. The highest BCUT2D eigenvalue weighted by Gasteiger charge is 2.05. The van der Waals surface area contributed by atoms with Gasteiger partial charge >= 0.3 is 0 Å². The maximum absolute atomic E-state index is 4.62. The molecular weight excluding hydrogens is 232 g/mol. The van der Waals surface area contributed by atoms with E-state index >= 15 is 0 Å². The van der Waals surface area contributed by atoms with E-state index in [-0.39, 0.29) is 0 Å². The Morgan fingerprint density at radius 2 is 2.06 bits per heavy atom. The Morgan fingerprint density at radius 3 is 2.71 bits per heavy atom. The molecule has 0 aliphatic carbocycles. The molecule has 0 aliphatic heterocycles. The number of thiazole rings is 1. The van der Waals surface area contributed by atoms with Gasteiger partial charge in [0.05, 0.1) is 5.69 Å². The minimum absolute atomic E-state index is 0.891. The molecule has 1 aromatic rings. The molecule has 1 rings (SSSR count). The third kappa shape index (κ3) is 6.12. The van der Waals surface area contributed by atoms with Crippen molar-refractivity contribution in [3.8, 4) is 0 Å². The first-order valence-corrected chi connectivity index (χ1v) is 6.97. The van der Waals surface area contributed by atoms with Crippen molar-refractivity contribution in [1.82, 2.24) is 20.1 Å². The van der Waals surface area contributed by atoms with Gasteiger partial charge in [-0.1, -0.05) is 6.92 Å². The molecular formula is C12H24N4S. The molecule has 0 unspecified atom stereocenters. The zero-order valence-corrected chi connectivity index (χ0v) is 12.2. The lowest BCUT2D eigenvalue weighted by atomic mass is 10.4. The molecule has 0 atom stereocenters. The van der Waals surface area contributed by atoms with Gasteiger partial charge in [-0.3, -0.25) is 4.90 Å². The van der Waals surface area contributed by atoms with Crippen molar-refractivity contribution >= 4 is 11.3 Å². The number of likely N-dealkylation sites (N-methyl/N-ethyl adjacent to an activating group) is 2. The third-order valence-electron chi connectivity index (χ3n) is 2.49. The number of hydrogen-bond acceptors (Lipinski definition) is 5. The first kappa shape index (κ1) is 14.6. The third-order valence-corrected chi connectivity index (χ3v) is 3.38. The summed E-state index contributed by atoms with van der Waals surface area (Å²) >= 11 is 1.75. The van der Waals surface area contributed by atoms with Crippen LogP contribution in [0.2, 0.25) is 0 Å². The molecule has 0 saturated heterocycles. The molecule has 0 amide bonds. The highest BCUT2D eigenvalue weighted by Crippen LogP contribution is 2.10. The molecule has 1 N–H and O–H groups in total. The average Bonchev–Trinajstić information content (AvgIpc) is 2.71. The number of hydrogen-bond donors (Lipinski definition) is 1. The molecule has 0 spiro atoms. The van der Waals surface area contributed by atoms with E-state index < -0.39 is 0 Å². The second-order valence-electron chi connectivity index (χ2n) is 4.55. The molecule has 1 heterocycles. The van der Waals surface area contributed by atoms with E-state index in [1.807, 2.05) is 0 Å². The number of nitrogens with zero attached hydrogens (tertiary/aromatic N) is 3. The Labute approximate surface area is 109 Å². The van der Waals surface area contributed by atoms with Crippen LogP contribution >= 0.6 is 11.3 Å². The summed E-state index contributed by atoms with van der Waals surface area (Å²) in [7, 11) is 6.35. The summed E-state index contributed by atoms with van der Waals surface area (Å²) in [6, 6.07) is 0. The fourth-order valence-electron chi connectivity index (χ4n) is 1.46. The van der Waals surface area contributed by atoms with E-state index in [1.165, 1.54) is 10.7 Å². The molecule has 0 fully saturated rings. The summed E-state index contributed by atoms with van der Waals surface area (Å²) in [5, 5.41) is 6.65. The van der Waals surface area contributed by atoms with Crippen LogP contribution in [0.5, 0.6) is 0 Å². The van der Waals surface area contributed by atoms with Gasteiger partial charge in [-0.2, -0.15) is 0 Å². The Hall–Kier alpha value is -0.490. The molecule has 5 heteroatoms. The summed E-state index contributed by atoms with van der Waals surface area (Å²) < 4.78 is 0. The lowest BCUT2D eigenvalue weighted by molar-refractivity contribution is 0.274. The van der Waals surface area contributed by atoms with Crippen LogP contribution in [0.3, 0.4) is 0 Å². The molecule has 0 radical (unpaired) electrons. The van der Waals surface area contributed by atoms with E-state index in [1.54, 1.807) is 11.3 Å². The lowest BCUT2D eigenvalue weighted by Crippen LogP contribution is -2.28. The maximum Gasteiger partial charge on any atom is 0.107 e. The summed E-state index contributed by atoms with van der Waals surface area (Å²) in [6.07, 6.45) is 0. The zero-order chi connectivity index (χ0) is 12.7. The topological polar surface area (TPSA) is 31.4 Å². The SMILES string of the molecule is CCNCc1nc(CN(C)CCN(C)C)cs1. The van der Waals surface area contributed by atoms with Crippen molar-refractivity contribution in [1.29, 1.82) is 0 Å². The van der Waals surface area contributed by atoms with Crippen LogP contribution in [0.1, 0.15) is 17.6 Å². The average molecular weight is 256 g/mol. The van der Waals surface area contributed by atoms with Crippen LogP contribution in [0.15, 0.2) is 5.38 Å². The Morgan fingerprint density at radius 1 is 1.29 bits per heavy atom. The highest BCUT2D eigenvalue weighted by atomic mass is 32.1. The molecule has 1 aromatic heterocycles.